The molecule has 0 bridgehead atoms. The van der Waals surface area contributed by atoms with Crippen molar-refractivity contribution in [1.29, 1.82) is 0 Å². The number of phenols is 1. The quantitative estimate of drug-likeness (QED) is 0.658. The number of ketones is 1. The molecule has 0 aromatic heterocycles. The van der Waals surface area contributed by atoms with Gasteiger partial charge in [-0.15, -0.1) is 11.6 Å². The molecule has 0 fully saturated rings. The van der Waals surface area contributed by atoms with Gasteiger partial charge in [0.1, 0.15) is 5.75 Å². The monoisotopic (exact) mass is 262 g/mol. The molecule has 0 saturated carbocycles. The van der Waals surface area contributed by atoms with Crippen LogP contribution in [0.5, 0.6) is 5.75 Å². The molecule has 0 spiro atoms. The summed E-state index contributed by atoms with van der Waals surface area (Å²) >= 11 is 8.61. The summed E-state index contributed by atoms with van der Waals surface area (Å²) in [6, 6.07) is 3.04. The first-order chi connectivity index (χ1) is 6.07. The van der Waals surface area contributed by atoms with Gasteiger partial charge in [-0.1, -0.05) is 0 Å². The van der Waals surface area contributed by atoms with E-state index in [0.717, 1.165) is 0 Å². The minimum Gasteiger partial charge on any atom is -0.507 e. The Morgan fingerprint density at radius 2 is 2.23 bits per heavy atom. The Kier molecular flexibility index (Phi) is 3.33. The lowest BCUT2D eigenvalue weighted by Gasteiger charge is -2.06. The van der Waals surface area contributed by atoms with Gasteiger partial charge in [0, 0.05) is 5.56 Å². The van der Waals surface area contributed by atoms with E-state index in [0.29, 0.717) is 15.6 Å². The van der Waals surface area contributed by atoms with Crippen LogP contribution >= 0.6 is 27.5 Å². The fraction of sp³-hybridized carbons (Fsp3) is 0.222. The zero-order valence-corrected chi connectivity index (χ0v) is 9.32. The summed E-state index contributed by atoms with van der Waals surface area (Å²) in [6.07, 6.45) is 0. The number of carbonyl (C=O) groups is 1. The van der Waals surface area contributed by atoms with Crippen LogP contribution in [-0.2, 0) is 0 Å². The van der Waals surface area contributed by atoms with Gasteiger partial charge in [0.25, 0.3) is 0 Å². The number of hydrogen-bond donors (Lipinski definition) is 1. The number of aromatic hydroxyl groups is 1. The van der Waals surface area contributed by atoms with Gasteiger partial charge in [-0.25, -0.2) is 0 Å². The fourth-order valence-electron chi connectivity index (χ4n) is 1.04. The molecule has 0 aliphatic rings. The maximum absolute atomic E-state index is 11.3. The largest absolute Gasteiger partial charge is 0.507 e. The number of benzene rings is 1. The first-order valence-electron chi connectivity index (χ1n) is 3.65. The minimum absolute atomic E-state index is 0.0436. The standard InChI is InChI=1S/C9H8BrClO2/c1-5-6(8(13)4-11)2-3-7(12)9(5)10/h2-3,12H,4H2,1H3. The third-order valence-electron chi connectivity index (χ3n) is 1.79. The van der Waals surface area contributed by atoms with Crippen molar-refractivity contribution in [1.82, 2.24) is 0 Å². The summed E-state index contributed by atoms with van der Waals surface area (Å²) < 4.78 is 0.545. The molecule has 70 valence electrons. The highest BCUT2D eigenvalue weighted by molar-refractivity contribution is 9.10. The van der Waals surface area contributed by atoms with Crippen molar-refractivity contribution < 1.29 is 9.90 Å². The van der Waals surface area contributed by atoms with Gasteiger partial charge in [0.2, 0.25) is 0 Å². The molecule has 1 rings (SSSR count). The van der Waals surface area contributed by atoms with Crippen molar-refractivity contribution in [3.8, 4) is 5.75 Å². The van der Waals surface area contributed by atoms with Crippen LogP contribution in [0.4, 0.5) is 0 Å². The minimum atomic E-state index is -0.139. The smallest absolute Gasteiger partial charge is 0.177 e. The van der Waals surface area contributed by atoms with Crippen LogP contribution in [0.1, 0.15) is 15.9 Å². The molecule has 0 atom stereocenters. The van der Waals surface area contributed by atoms with Crippen LogP contribution in [0.3, 0.4) is 0 Å². The highest BCUT2D eigenvalue weighted by Gasteiger charge is 2.11. The van der Waals surface area contributed by atoms with E-state index in [2.05, 4.69) is 15.9 Å². The Labute approximate surface area is 89.7 Å². The van der Waals surface area contributed by atoms with Crippen molar-refractivity contribution in [2.75, 3.05) is 5.88 Å². The number of alkyl halides is 1. The number of halogens is 2. The Morgan fingerprint density at radius 1 is 1.62 bits per heavy atom. The van der Waals surface area contributed by atoms with Crippen molar-refractivity contribution in [2.24, 2.45) is 0 Å². The third kappa shape index (κ3) is 2.03. The third-order valence-corrected chi connectivity index (χ3v) is 3.03. The zero-order valence-electron chi connectivity index (χ0n) is 6.97. The summed E-state index contributed by atoms with van der Waals surface area (Å²) in [6.45, 7) is 1.75. The predicted molar refractivity (Wildman–Crippen MR) is 55.6 cm³/mol. The Balaban J connectivity index is 3.26. The topological polar surface area (TPSA) is 37.3 Å². The van der Waals surface area contributed by atoms with Crippen LogP contribution in [-0.4, -0.2) is 16.8 Å². The average molecular weight is 264 g/mol. The number of Topliss-reactive ketones (excluding diaryl/α,β-unsaturated/α-hetero) is 1. The highest BCUT2D eigenvalue weighted by Crippen LogP contribution is 2.29. The molecular weight excluding hydrogens is 255 g/mol. The summed E-state index contributed by atoms with van der Waals surface area (Å²) in [5, 5.41) is 9.29. The molecule has 0 heterocycles. The van der Waals surface area contributed by atoms with Crippen molar-refractivity contribution >= 4 is 33.3 Å². The lowest BCUT2D eigenvalue weighted by molar-refractivity contribution is 0.102. The maximum Gasteiger partial charge on any atom is 0.177 e. The molecule has 0 unspecified atom stereocenters. The van der Waals surface area contributed by atoms with Crippen LogP contribution in [0.2, 0.25) is 0 Å². The molecule has 1 N–H and O–H groups in total. The number of rotatable bonds is 2. The lowest BCUT2D eigenvalue weighted by atomic mass is 10.1. The molecule has 0 aliphatic heterocycles. The number of carbonyl (C=O) groups excluding carboxylic acids is 1. The average Bonchev–Trinajstić information content (AvgIpc) is 2.13. The van der Waals surface area contributed by atoms with Gasteiger partial charge >= 0.3 is 0 Å². The normalized spacial score (nSPS) is 10.1. The van der Waals surface area contributed by atoms with Gasteiger partial charge in [-0.2, -0.15) is 0 Å². The SMILES string of the molecule is Cc1c(C(=O)CCl)ccc(O)c1Br. The molecule has 0 amide bonds. The predicted octanol–water partition coefficient (Wildman–Crippen LogP) is 2.88. The molecule has 1 aromatic rings. The first-order valence-corrected chi connectivity index (χ1v) is 4.98. The van der Waals surface area contributed by atoms with E-state index in [1.807, 2.05) is 0 Å². The zero-order chi connectivity index (χ0) is 10.0. The molecule has 1 aromatic carbocycles. The Hall–Kier alpha value is -0.540. The van der Waals surface area contributed by atoms with E-state index < -0.39 is 0 Å². The second-order valence-electron chi connectivity index (χ2n) is 2.63. The van der Waals surface area contributed by atoms with E-state index in [1.165, 1.54) is 6.07 Å². The fourth-order valence-corrected chi connectivity index (χ4v) is 1.53. The van der Waals surface area contributed by atoms with Gasteiger partial charge in [0.05, 0.1) is 10.4 Å². The van der Waals surface area contributed by atoms with E-state index in [-0.39, 0.29) is 17.4 Å². The van der Waals surface area contributed by atoms with Crippen LogP contribution in [0, 0.1) is 6.92 Å². The Morgan fingerprint density at radius 3 is 2.77 bits per heavy atom. The van der Waals surface area contributed by atoms with Gasteiger partial charge in [0.15, 0.2) is 5.78 Å². The second-order valence-corrected chi connectivity index (χ2v) is 3.69. The summed E-state index contributed by atoms with van der Waals surface area (Å²) in [5.41, 5.74) is 1.25. The van der Waals surface area contributed by atoms with E-state index in [9.17, 15) is 9.90 Å². The lowest BCUT2D eigenvalue weighted by Crippen LogP contribution is -2.03. The van der Waals surface area contributed by atoms with E-state index in [4.69, 9.17) is 11.6 Å². The molecule has 0 saturated heterocycles. The van der Waals surface area contributed by atoms with Gasteiger partial charge < -0.3 is 5.11 Å². The molecule has 13 heavy (non-hydrogen) atoms. The van der Waals surface area contributed by atoms with E-state index >= 15 is 0 Å². The molecule has 0 radical (unpaired) electrons. The van der Waals surface area contributed by atoms with Crippen LogP contribution < -0.4 is 0 Å². The molecule has 4 heteroatoms. The van der Waals surface area contributed by atoms with Gasteiger partial charge in [-0.05, 0) is 40.5 Å². The Bertz CT molecular complexity index is 350. The van der Waals surface area contributed by atoms with Gasteiger partial charge in [-0.3, -0.25) is 4.79 Å². The molecular formula is C9H8BrClO2. The van der Waals surface area contributed by atoms with E-state index in [1.54, 1.807) is 13.0 Å². The summed E-state index contributed by atoms with van der Waals surface area (Å²) in [5.74, 6) is -0.0543. The van der Waals surface area contributed by atoms with Crippen molar-refractivity contribution in [3.63, 3.8) is 0 Å². The van der Waals surface area contributed by atoms with Crippen LogP contribution in [0.25, 0.3) is 0 Å². The van der Waals surface area contributed by atoms with Crippen LogP contribution in [0.15, 0.2) is 16.6 Å². The first kappa shape index (κ1) is 10.5. The molecule has 2 nitrogen and oxygen atoms in total. The number of phenolic OH excluding ortho intramolecular Hbond substituents is 1. The van der Waals surface area contributed by atoms with Crippen molar-refractivity contribution in [2.45, 2.75) is 6.92 Å². The molecule has 0 aliphatic carbocycles. The number of hydrogen-bond acceptors (Lipinski definition) is 2. The van der Waals surface area contributed by atoms with Crippen molar-refractivity contribution in [3.05, 3.63) is 27.7 Å². The highest BCUT2D eigenvalue weighted by atomic mass is 79.9. The second kappa shape index (κ2) is 4.11. The summed E-state index contributed by atoms with van der Waals surface area (Å²) in [7, 11) is 0. The maximum atomic E-state index is 11.3. The summed E-state index contributed by atoms with van der Waals surface area (Å²) in [4.78, 5) is 11.3.